The second-order valence-corrected chi connectivity index (χ2v) is 13.4. The standard InChI is InChI=1S/C32H35Cl2N5O5S.ClH/c1-2-44-27-19-25(45(42)39-15-17-43-18-16-39)11-12-26(27)32(31(41)38-14-13-35-28(40)20-38)36-29(21-3-7-23(33)8-4-21)30(37-32)22-5-9-24(34)10-6-22;/h3-12,19,29-30,36-37H,2,13-18,20H2,1H3,(H,35,40);1H/t29-,30+,32?,45?;. The van der Waals surface area contributed by atoms with Gasteiger partial charge < -0.3 is 24.2 Å². The van der Waals surface area contributed by atoms with Gasteiger partial charge >= 0.3 is 0 Å². The maximum atomic E-state index is 14.8. The number of amides is 2. The molecule has 3 aromatic carbocycles. The Bertz CT molecular complexity index is 1470. The molecule has 3 heterocycles. The highest BCUT2D eigenvalue weighted by Gasteiger charge is 2.55. The van der Waals surface area contributed by atoms with Gasteiger partial charge in [0, 0.05) is 34.8 Å². The van der Waals surface area contributed by atoms with Crippen LogP contribution < -0.4 is 20.7 Å². The van der Waals surface area contributed by atoms with Crippen LogP contribution in [0.25, 0.3) is 0 Å². The number of halogens is 3. The Labute approximate surface area is 287 Å². The van der Waals surface area contributed by atoms with Crippen molar-refractivity contribution in [3.63, 3.8) is 0 Å². The summed E-state index contributed by atoms with van der Waals surface area (Å²) in [6.45, 7) is 4.90. The number of carbonyl (C=O) groups excluding carboxylic acids is 2. The highest BCUT2D eigenvalue weighted by Crippen LogP contribution is 2.45. The summed E-state index contributed by atoms with van der Waals surface area (Å²) in [6.07, 6.45) is 0. The zero-order valence-electron chi connectivity index (χ0n) is 25.2. The molecule has 3 aliphatic rings. The van der Waals surface area contributed by atoms with E-state index < -0.39 is 29.1 Å². The topological polar surface area (TPSA) is 118 Å². The number of piperazine rings is 1. The maximum Gasteiger partial charge on any atom is 0.263 e. The van der Waals surface area contributed by atoms with E-state index in [0.717, 1.165) is 11.1 Å². The predicted molar refractivity (Wildman–Crippen MR) is 180 cm³/mol. The molecule has 3 aromatic rings. The van der Waals surface area contributed by atoms with Gasteiger partial charge in [0.2, 0.25) is 5.91 Å². The van der Waals surface area contributed by atoms with Crippen LogP contribution >= 0.6 is 35.6 Å². The van der Waals surface area contributed by atoms with Gasteiger partial charge in [-0.25, -0.2) is 0 Å². The number of benzene rings is 3. The summed E-state index contributed by atoms with van der Waals surface area (Å²) in [5.41, 5.74) is 0.815. The molecule has 0 radical (unpaired) electrons. The summed E-state index contributed by atoms with van der Waals surface area (Å²) in [6, 6.07) is 19.5. The largest absolute Gasteiger partial charge is 0.593 e. The van der Waals surface area contributed by atoms with Gasteiger partial charge in [-0.2, -0.15) is 0 Å². The van der Waals surface area contributed by atoms with Gasteiger partial charge in [0.1, 0.15) is 5.75 Å². The molecular weight excluding hydrogens is 673 g/mol. The van der Waals surface area contributed by atoms with Crippen molar-refractivity contribution < 1.29 is 23.6 Å². The van der Waals surface area contributed by atoms with Crippen LogP contribution in [0.3, 0.4) is 0 Å². The molecule has 3 saturated heterocycles. The summed E-state index contributed by atoms with van der Waals surface area (Å²) in [5, 5.41) is 11.3. The van der Waals surface area contributed by atoms with Crippen molar-refractivity contribution in [2.45, 2.75) is 29.6 Å². The van der Waals surface area contributed by atoms with Crippen LogP contribution in [0.15, 0.2) is 71.6 Å². The van der Waals surface area contributed by atoms with Crippen molar-refractivity contribution in [2.75, 3.05) is 52.5 Å². The molecule has 0 saturated carbocycles. The molecule has 3 fully saturated rings. The maximum absolute atomic E-state index is 14.8. The predicted octanol–water partition coefficient (Wildman–Crippen LogP) is 3.96. The van der Waals surface area contributed by atoms with Crippen LogP contribution in [-0.2, 0) is 31.4 Å². The van der Waals surface area contributed by atoms with Gasteiger partial charge in [-0.3, -0.25) is 20.2 Å². The third-order valence-electron chi connectivity index (χ3n) is 8.25. The monoisotopic (exact) mass is 707 g/mol. The zero-order chi connectivity index (χ0) is 31.6. The lowest BCUT2D eigenvalue weighted by atomic mass is 9.95. The van der Waals surface area contributed by atoms with E-state index in [1.807, 2.05) is 59.8 Å². The molecule has 2 unspecified atom stereocenters. The van der Waals surface area contributed by atoms with E-state index in [1.165, 1.54) is 0 Å². The fraction of sp³-hybridized carbons (Fsp3) is 0.375. The first-order chi connectivity index (χ1) is 21.8. The smallest absolute Gasteiger partial charge is 0.263 e. The molecule has 3 N–H and O–H groups in total. The van der Waals surface area contributed by atoms with Gasteiger partial charge in [0.05, 0.1) is 62.9 Å². The van der Waals surface area contributed by atoms with Gasteiger partial charge in [-0.05, 0) is 54.4 Å². The van der Waals surface area contributed by atoms with Crippen molar-refractivity contribution in [3.05, 3.63) is 93.5 Å². The molecule has 14 heteroatoms. The van der Waals surface area contributed by atoms with Crippen molar-refractivity contribution in [1.29, 1.82) is 0 Å². The molecule has 4 atom stereocenters. The van der Waals surface area contributed by atoms with Crippen LogP contribution in [0, 0.1) is 0 Å². The lowest BCUT2D eigenvalue weighted by molar-refractivity contribution is -0.144. The third kappa shape index (κ3) is 7.13. The van der Waals surface area contributed by atoms with Crippen molar-refractivity contribution in [1.82, 2.24) is 25.2 Å². The normalized spacial score (nSPS) is 24.2. The Balaban J connectivity index is 0.00000417. The van der Waals surface area contributed by atoms with Crippen LogP contribution in [0.5, 0.6) is 5.75 Å². The fourth-order valence-electron chi connectivity index (χ4n) is 6.07. The summed E-state index contributed by atoms with van der Waals surface area (Å²) in [5.74, 6) is -0.138. The molecule has 6 rings (SSSR count). The van der Waals surface area contributed by atoms with Gasteiger partial charge in [-0.15, -0.1) is 16.7 Å². The summed E-state index contributed by atoms with van der Waals surface area (Å²) in [4.78, 5) is 29.4. The van der Waals surface area contributed by atoms with Gasteiger partial charge in [-0.1, -0.05) is 47.5 Å². The minimum atomic E-state index is -1.52. The van der Waals surface area contributed by atoms with Crippen LogP contribution in [0.1, 0.15) is 35.7 Å². The number of rotatable bonds is 8. The highest BCUT2D eigenvalue weighted by atomic mass is 35.5. The molecule has 0 aromatic heterocycles. The number of hydrogen-bond donors (Lipinski definition) is 3. The van der Waals surface area contributed by atoms with Crippen LogP contribution in [0.2, 0.25) is 10.0 Å². The summed E-state index contributed by atoms with van der Waals surface area (Å²) in [7, 11) is 0. The molecule has 0 bridgehead atoms. The highest BCUT2D eigenvalue weighted by molar-refractivity contribution is 7.89. The molecule has 0 spiro atoms. The first-order valence-electron chi connectivity index (χ1n) is 14.9. The second-order valence-electron chi connectivity index (χ2n) is 11.1. The second kappa shape index (κ2) is 15.1. The molecule has 3 aliphatic heterocycles. The molecule has 0 aliphatic carbocycles. The molecule has 10 nitrogen and oxygen atoms in total. The van der Waals surface area contributed by atoms with Gasteiger partial charge in [0.15, 0.2) is 10.6 Å². The fourth-order valence-corrected chi connectivity index (χ4v) is 7.49. The average Bonchev–Trinajstić information content (AvgIpc) is 3.47. The van der Waals surface area contributed by atoms with Crippen molar-refractivity contribution >= 4 is 58.8 Å². The minimum Gasteiger partial charge on any atom is -0.593 e. The summed E-state index contributed by atoms with van der Waals surface area (Å²) < 4.78 is 27.1. The molecule has 46 heavy (non-hydrogen) atoms. The lowest BCUT2D eigenvalue weighted by Crippen LogP contribution is -2.62. The van der Waals surface area contributed by atoms with E-state index in [2.05, 4.69) is 16.0 Å². The van der Waals surface area contributed by atoms with E-state index in [9.17, 15) is 14.1 Å². The Morgan fingerprint density at radius 1 is 0.978 bits per heavy atom. The number of nitrogens with zero attached hydrogens (tertiary/aromatic N) is 2. The average molecular weight is 709 g/mol. The Morgan fingerprint density at radius 3 is 2.11 bits per heavy atom. The molecular formula is C32H36Cl3N5O5S. The van der Waals surface area contributed by atoms with E-state index >= 15 is 0 Å². The first kappa shape index (κ1) is 34.7. The molecule has 2 amide bonds. The Kier molecular flexibility index (Phi) is 11.4. The quantitative estimate of drug-likeness (QED) is 0.302. The SMILES string of the molecule is CCOc1cc([S+]([O-])N2CCOCC2)ccc1C1(C(=O)N2CCNC(=O)C2)N[C@H](c2ccc(Cl)cc2)[C@H](c2ccc(Cl)cc2)N1.Cl. The first-order valence-corrected chi connectivity index (χ1v) is 16.8. The number of morpholine rings is 1. The van der Waals surface area contributed by atoms with Crippen LogP contribution in [-0.4, -0.2) is 78.1 Å². The minimum absolute atomic E-state index is 0. The van der Waals surface area contributed by atoms with E-state index in [1.54, 1.807) is 23.1 Å². The number of carbonyl (C=O) groups is 2. The molecule has 246 valence electrons. The summed E-state index contributed by atoms with van der Waals surface area (Å²) >= 11 is 11.1. The number of nitrogens with one attached hydrogen (secondary N) is 3. The van der Waals surface area contributed by atoms with E-state index in [-0.39, 0.29) is 30.8 Å². The van der Waals surface area contributed by atoms with E-state index in [0.29, 0.717) is 72.3 Å². The Hall–Kier alpha value is -2.58. The van der Waals surface area contributed by atoms with E-state index in [4.69, 9.17) is 32.7 Å². The van der Waals surface area contributed by atoms with Crippen molar-refractivity contribution in [3.8, 4) is 5.75 Å². The van der Waals surface area contributed by atoms with Crippen LogP contribution in [0.4, 0.5) is 0 Å². The number of ether oxygens (including phenoxy) is 2. The lowest BCUT2D eigenvalue weighted by Gasteiger charge is -2.38. The van der Waals surface area contributed by atoms with Crippen molar-refractivity contribution in [2.24, 2.45) is 0 Å². The third-order valence-corrected chi connectivity index (χ3v) is 10.2. The van der Waals surface area contributed by atoms with Gasteiger partial charge in [0.25, 0.3) is 5.91 Å². The zero-order valence-corrected chi connectivity index (χ0v) is 28.3. The Morgan fingerprint density at radius 2 is 1.57 bits per heavy atom. The number of hydrogen-bond acceptors (Lipinski definition) is 8.